The summed E-state index contributed by atoms with van der Waals surface area (Å²) < 4.78 is 17.9. The van der Waals surface area contributed by atoms with Crippen LogP contribution in [0.2, 0.25) is 0 Å². The number of hydrogen-bond donors (Lipinski definition) is 0. The second kappa shape index (κ2) is 12.8. The number of rotatable bonds is 14. The molecule has 20 heavy (non-hydrogen) atoms. The van der Waals surface area contributed by atoms with Gasteiger partial charge in [-0.3, -0.25) is 0 Å². The summed E-state index contributed by atoms with van der Waals surface area (Å²) in [6.07, 6.45) is 7.31. The fourth-order valence-electron chi connectivity index (χ4n) is 1.83. The molecule has 0 aliphatic rings. The Kier molecular flexibility index (Phi) is 12.9. The minimum Gasteiger partial charge on any atom is -0.373 e. The molecule has 119 valence electrons. The number of hydrogen-bond acceptors (Lipinski definition) is 3. The van der Waals surface area contributed by atoms with Crippen molar-refractivity contribution in [1.82, 2.24) is 0 Å². The molecule has 1 unspecified atom stereocenters. The monoisotopic (exact) mass is 301 g/mol. The zero-order valence-electron chi connectivity index (χ0n) is 13.9. The maximum atomic E-state index is 5.97. The molecular weight excluding hydrogens is 268 g/mol. The second-order valence-corrected chi connectivity index (χ2v) is 5.89. The zero-order chi connectivity index (χ0) is 15.3. The Bertz CT molecular complexity index is 202. The fraction of sp³-hybridized carbons (Fsp3) is 1.00. The van der Waals surface area contributed by atoms with Crippen molar-refractivity contribution in [2.75, 3.05) is 19.8 Å². The maximum absolute atomic E-state index is 5.97. The minimum absolute atomic E-state index is 0.0700. The highest BCUT2D eigenvalue weighted by Gasteiger charge is 2.35. The molecule has 0 amide bonds. The van der Waals surface area contributed by atoms with Crippen molar-refractivity contribution in [3.63, 3.8) is 0 Å². The summed E-state index contributed by atoms with van der Waals surface area (Å²) in [5.41, 5.74) is -0.799. The van der Waals surface area contributed by atoms with Gasteiger partial charge in [0.1, 0.15) is 16.3 Å². The Morgan fingerprint density at radius 1 is 0.800 bits per heavy atom. The van der Waals surface area contributed by atoms with E-state index >= 15 is 0 Å². The van der Waals surface area contributed by atoms with Crippen molar-refractivity contribution in [3.8, 4) is 0 Å². The zero-order valence-corrected chi connectivity index (χ0v) is 14.9. The molecule has 0 saturated carbocycles. The molecule has 0 N–H and O–H groups in total. The Hall–Kier alpha value is 0.0969. The molecule has 0 spiro atoms. The van der Waals surface area contributed by atoms with Crippen LogP contribution in [-0.4, -0.2) is 41.6 Å². The summed E-state index contributed by atoms with van der Waals surface area (Å²) >= 11 is 0. The molecule has 3 nitrogen and oxygen atoms in total. The van der Waals surface area contributed by atoms with E-state index in [1.54, 1.807) is 0 Å². The van der Waals surface area contributed by atoms with E-state index in [1.165, 1.54) is 0 Å². The van der Waals surface area contributed by atoms with Gasteiger partial charge in [-0.25, -0.2) is 0 Å². The molecule has 0 saturated heterocycles. The fourth-order valence-corrected chi connectivity index (χ4v) is 2.32. The van der Waals surface area contributed by atoms with Gasteiger partial charge in [0.2, 0.25) is 0 Å². The molecule has 0 aromatic heterocycles. The molecule has 0 bridgehead atoms. The lowest BCUT2D eigenvalue weighted by molar-refractivity contribution is -0.241. The molecule has 0 rings (SSSR count). The van der Waals surface area contributed by atoms with Gasteiger partial charge in [0.05, 0.1) is 0 Å². The quantitative estimate of drug-likeness (QED) is 0.275. The van der Waals surface area contributed by atoms with Crippen molar-refractivity contribution < 1.29 is 14.2 Å². The third-order valence-electron chi connectivity index (χ3n) is 3.24. The lowest BCUT2D eigenvalue weighted by Gasteiger charge is -2.37. The van der Waals surface area contributed by atoms with Crippen LogP contribution >= 0.6 is 0 Å². The molecule has 0 fully saturated rings. The van der Waals surface area contributed by atoms with Gasteiger partial charge in [0.25, 0.3) is 0 Å². The Labute approximate surface area is 129 Å². The Morgan fingerprint density at radius 3 is 1.65 bits per heavy atom. The molecule has 0 aliphatic carbocycles. The normalized spacial score (nSPS) is 13.7. The second-order valence-electron chi connectivity index (χ2n) is 5.19. The van der Waals surface area contributed by atoms with Crippen LogP contribution in [0, 0.1) is 0 Å². The highest BCUT2D eigenvalue weighted by molar-refractivity contribution is 6.13. The van der Waals surface area contributed by atoms with Crippen molar-refractivity contribution >= 4 is 10.2 Å². The molecule has 0 aromatic carbocycles. The van der Waals surface area contributed by atoms with E-state index in [0.717, 1.165) is 51.6 Å². The summed E-state index contributed by atoms with van der Waals surface area (Å²) in [4.78, 5) is 0. The predicted octanol–water partition coefficient (Wildman–Crippen LogP) is 4.04. The van der Waals surface area contributed by atoms with E-state index < -0.39 is 5.41 Å². The first-order valence-corrected chi connectivity index (χ1v) is 8.79. The van der Waals surface area contributed by atoms with Crippen LogP contribution in [0.3, 0.4) is 0 Å². The third kappa shape index (κ3) is 8.40. The van der Waals surface area contributed by atoms with Crippen LogP contribution in [-0.2, 0) is 14.2 Å². The summed E-state index contributed by atoms with van der Waals surface area (Å²) in [6.45, 7) is 10.7. The molecule has 3 radical (unpaired) electrons. The van der Waals surface area contributed by atoms with Gasteiger partial charge in [0.15, 0.2) is 5.41 Å². The molecule has 4 heteroatoms. The van der Waals surface area contributed by atoms with Crippen LogP contribution in [0.4, 0.5) is 0 Å². The molecule has 1 atom stereocenters. The van der Waals surface area contributed by atoms with Gasteiger partial charge in [0, 0.05) is 19.8 Å². The smallest absolute Gasteiger partial charge is 0.169 e. The van der Waals surface area contributed by atoms with E-state index in [9.17, 15) is 0 Å². The van der Waals surface area contributed by atoms with E-state index in [4.69, 9.17) is 14.2 Å². The largest absolute Gasteiger partial charge is 0.373 e. The molecule has 0 aromatic rings. The first-order chi connectivity index (χ1) is 9.64. The van der Waals surface area contributed by atoms with Gasteiger partial charge >= 0.3 is 0 Å². The molecular formula is C16H33O3Si. The van der Waals surface area contributed by atoms with Crippen LogP contribution in [0.25, 0.3) is 0 Å². The highest BCUT2D eigenvalue weighted by Crippen LogP contribution is 2.22. The van der Waals surface area contributed by atoms with Crippen LogP contribution in [0.15, 0.2) is 0 Å². The topological polar surface area (TPSA) is 27.7 Å². The average molecular weight is 302 g/mol. The van der Waals surface area contributed by atoms with Gasteiger partial charge < -0.3 is 14.2 Å². The summed E-state index contributed by atoms with van der Waals surface area (Å²) in [6, 6.07) is 0. The number of unbranched alkanes of at least 4 members (excludes halogenated alkanes) is 3. The average Bonchev–Trinajstić information content (AvgIpc) is 2.44. The lowest BCUT2D eigenvalue weighted by Crippen LogP contribution is -2.50. The first-order valence-electron chi connectivity index (χ1n) is 8.29. The van der Waals surface area contributed by atoms with Crippen LogP contribution in [0.1, 0.15) is 72.6 Å². The van der Waals surface area contributed by atoms with Crippen molar-refractivity contribution in [2.45, 2.75) is 84.2 Å². The van der Waals surface area contributed by atoms with Crippen LogP contribution < -0.4 is 0 Å². The van der Waals surface area contributed by atoms with Crippen molar-refractivity contribution in [3.05, 3.63) is 0 Å². The van der Waals surface area contributed by atoms with Gasteiger partial charge in [-0.05, 0) is 25.7 Å². The summed E-state index contributed by atoms with van der Waals surface area (Å²) in [5.74, 6) is 0. The standard InChI is InChI=1S/C16H33O3Si/c1-5-9-12-17-15(8-4)16(20,18-13-10-6-2)19-14-11-7-3/h15H,5-14H2,1-4H3. The SMILES string of the molecule is CCCCOC(CC)C([Si])(OCCCC)OCCCC. The predicted molar refractivity (Wildman–Crippen MR) is 85.1 cm³/mol. The summed E-state index contributed by atoms with van der Waals surface area (Å²) in [5, 5.41) is 0. The minimum atomic E-state index is -0.799. The van der Waals surface area contributed by atoms with Gasteiger partial charge in [-0.15, -0.1) is 0 Å². The third-order valence-corrected chi connectivity index (χ3v) is 3.85. The van der Waals surface area contributed by atoms with E-state index in [2.05, 4.69) is 37.9 Å². The Morgan fingerprint density at radius 2 is 1.25 bits per heavy atom. The van der Waals surface area contributed by atoms with E-state index in [0.29, 0.717) is 13.2 Å². The Balaban J connectivity index is 4.48. The van der Waals surface area contributed by atoms with Gasteiger partial charge in [-0.1, -0.05) is 47.0 Å². The maximum Gasteiger partial charge on any atom is 0.169 e. The highest BCUT2D eigenvalue weighted by atomic mass is 28.1. The summed E-state index contributed by atoms with van der Waals surface area (Å²) in [7, 11) is 3.72. The van der Waals surface area contributed by atoms with E-state index in [1.807, 2.05) is 0 Å². The lowest BCUT2D eigenvalue weighted by atomic mass is 10.2. The first kappa shape index (κ1) is 20.1. The molecule has 0 aliphatic heterocycles. The van der Waals surface area contributed by atoms with Gasteiger partial charge in [-0.2, -0.15) is 0 Å². The number of ether oxygens (including phenoxy) is 3. The van der Waals surface area contributed by atoms with E-state index in [-0.39, 0.29) is 6.10 Å². The molecule has 0 heterocycles. The van der Waals surface area contributed by atoms with Crippen molar-refractivity contribution in [1.29, 1.82) is 0 Å². The van der Waals surface area contributed by atoms with Crippen LogP contribution in [0.5, 0.6) is 0 Å². The van der Waals surface area contributed by atoms with Crippen molar-refractivity contribution in [2.24, 2.45) is 0 Å².